The van der Waals surface area contributed by atoms with Gasteiger partial charge >= 0.3 is 0 Å². The maximum absolute atomic E-state index is 4.44. The minimum Gasteiger partial charge on any atom is -0.381 e. The molecule has 1 aliphatic carbocycles. The van der Waals surface area contributed by atoms with Crippen LogP contribution in [-0.4, -0.2) is 11.0 Å². The Morgan fingerprint density at radius 1 is 1.38 bits per heavy atom. The summed E-state index contributed by atoms with van der Waals surface area (Å²) in [4.78, 5) is 4.44. The lowest BCUT2D eigenvalue weighted by atomic mass is 10.1. The first-order valence-electron chi connectivity index (χ1n) is 5.64. The number of nitrogens with one attached hydrogen (secondary N) is 1. The lowest BCUT2D eigenvalue weighted by molar-refractivity contribution is 1.16. The van der Waals surface area contributed by atoms with Crippen molar-refractivity contribution in [2.45, 2.75) is 18.9 Å². The molecule has 0 spiro atoms. The van der Waals surface area contributed by atoms with Crippen molar-refractivity contribution in [3.8, 4) is 0 Å². The van der Waals surface area contributed by atoms with Crippen molar-refractivity contribution in [3.05, 3.63) is 42.6 Å². The monoisotopic (exact) mass is 210 g/mol. The van der Waals surface area contributed by atoms with Crippen LogP contribution in [0.15, 0.2) is 37.0 Å². The molecule has 0 aliphatic heterocycles. The third-order valence-electron chi connectivity index (χ3n) is 2.90. The molecule has 3 rings (SSSR count). The van der Waals surface area contributed by atoms with Gasteiger partial charge in [-0.15, -0.1) is 0 Å². The van der Waals surface area contributed by atoms with Crippen molar-refractivity contribution in [2.24, 2.45) is 0 Å². The first-order valence-corrected chi connectivity index (χ1v) is 5.64. The SMILES string of the molecule is C=Cc1cc(NC2CC2)c2ncccc2c1. The standard InChI is InChI=1S/C14H14N2/c1-2-10-8-11-4-3-7-15-14(11)13(9-10)16-12-5-6-12/h2-4,7-9,12,16H,1,5-6H2. The van der Waals surface area contributed by atoms with Crippen LogP contribution < -0.4 is 5.32 Å². The second-order valence-corrected chi connectivity index (χ2v) is 4.27. The second-order valence-electron chi connectivity index (χ2n) is 4.27. The largest absolute Gasteiger partial charge is 0.381 e. The van der Waals surface area contributed by atoms with E-state index in [0.717, 1.165) is 16.8 Å². The maximum Gasteiger partial charge on any atom is 0.0933 e. The van der Waals surface area contributed by atoms with E-state index in [4.69, 9.17) is 0 Å². The van der Waals surface area contributed by atoms with Crippen LogP contribution in [0.4, 0.5) is 5.69 Å². The van der Waals surface area contributed by atoms with Crippen molar-refractivity contribution in [1.29, 1.82) is 0 Å². The fourth-order valence-electron chi connectivity index (χ4n) is 1.89. The highest BCUT2D eigenvalue weighted by molar-refractivity contribution is 5.92. The van der Waals surface area contributed by atoms with Crippen LogP contribution in [0.1, 0.15) is 18.4 Å². The van der Waals surface area contributed by atoms with Gasteiger partial charge in [0.25, 0.3) is 0 Å². The topological polar surface area (TPSA) is 24.9 Å². The fourth-order valence-corrected chi connectivity index (χ4v) is 1.89. The molecule has 80 valence electrons. The fraction of sp³-hybridized carbons (Fsp3) is 0.214. The van der Waals surface area contributed by atoms with Gasteiger partial charge in [-0.1, -0.05) is 18.7 Å². The molecule has 0 atom stereocenters. The molecule has 16 heavy (non-hydrogen) atoms. The van der Waals surface area contributed by atoms with Crippen molar-refractivity contribution in [2.75, 3.05) is 5.32 Å². The van der Waals surface area contributed by atoms with E-state index in [-0.39, 0.29) is 0 Å². The molecule has 1 N–H and O–H groups in total. The van der Waals surface area contributed by atoms with E-state index < -0.39 is 0 Å². The summed E-state index contributed by atoms with van der Waals surface area (Å²) < 4.78 is 0. The van der Waals surface area contributed by atoms with E-state index in [1.807, 2.05) is 18.3 Å². The third kappa shape index (κ3) is 1.67. The van der Waals surface area contributed by atoms with Crippen LogP contribution in [0.2, 0.25) is 0 Å². The Morgan fingerprint density at radius 2 is 2.25 bits per heavy atom. The second kappa shape index (κ2) is 3.63. The summed E-state index contributed by atoms with van der Waals surface area (Å²) in [5, 5.41) is 4.69. The van der Waals surface area contributed by atoms with Gasteiger partial charge in [0.1, 0.15) is 0 Å². The van der Waals surface area contributed by atoms with Gasteiger partial charge in [-0.25, -0.2) is 0 Å². The first kappa shape index (κ1) is 9.40. The minimum absolute atomic E-state index is 0.644. The van der Waals surface area contributed by atoms with Gasteiger partial charge in [0, 0.05) is 17.6 Å². The van der Waals surface area contributed by atoms with Crippen LogP contribution in [0, 0.1) is 0 Å². The lowest BCUT2D eigenvalue weighted by Gasteiger charge is -2.09. The van der Waals surface area contributed by atoms with Crippen molar-refractivity contribution in [1.82, 2.24) is 4.98 Å². The molecule has 1 fully saturated rings. The van der Waals surface area contributed by atoms with Crippen LogP contribution in [0.5, 0.6) is 0 Å². The predicted molar refractivity (Wildman–Crippen MR) is 68.5 cm³/mol. The Hall–Kier alpha value is -1.83. The van der Waals surface area contributed by atoms with Gasteiger partial charge in [0.15, 0.2) is 0 Å². The summed E-state index contributed by atoms with van der Waals surface area (Å²) in [5.74, 6) is 0. The van der Waals surface area contributed by atoms with Gasteiger partial charge in [-0.05, 0) is 36.6 Å². The van der Waals surface area contributed by atoms with Gasteiger partial charge < -0.3 is 5.32 Å². The van der Waals surface area contributed by atoms with E-state index in [1.165, 1.54) is 18.2 Å². The molecule has 1 aromatic heterocycles. The van der Waals surface area contributed by atoms with E-state index in [0.29, 0.717) is 6.04 Å². The number of aromatic nitrogens is 1. The molecule has 0 bridgehead atoms. The number of fused-ring (bicyclic) bond motifs is 1. The quantitative estimate of drug-likeness (QED) is 0.839. The molecule has 2 heteroatoms. The van der Waals surface area contributed by atoms with Crippen molar-refractivity contribution in [3.63, 3.8) is 0 Å². The summed E-state index contributed by atoms with van der Waals surface area (Å²) in [6.07, 6.45) is 6.26. The van der Waals surface area contributed by atoms with E-state index in [2.05, 4.69) is 35.1 Å². The van der Waals surface area contributed by atoms with Crippen LogP contribution in [0.3, 0.4) is 0 Å². The summed E-state index contributed by atoms with van der Waals surface area (Å²) in [5.41, 5.74) is 3.33. The Bertz CT molecular complexity index is 541. The van der Waals surface area contributed by atoms with Crippen LogP contribution >= 0.6 is 0 Å². The molecule has 1 saturated carbocycles. The predicted octanol–water partition coefficient (Wildman–Crippen LogP) is 3.45. The van der Waals surface area contributed by atoms with E-state index in [1.54, 1.807) is 0 Å². The molecule has 2 aromatic rings. The van der Waals surface area contributed by atoms with Crippen LogP contribution in [-0.2, 0) is 0 Å². The average Bonchev–Trinajstić information content (AvgIpc) is 3.13. The highest BCUT2D eigenvalue weighted by atomic mass is 15.0. The Kier molecular flexibility index (Phi) is 2.13. The lowest BCUT2D eigenvalue weighted by Crippen LogP contribution is -2.02. The molecule has 0 radical (unpaired) electrons. The Labute approximate surface area is 95.0 Å². The molecule has 0 saturated heterocycles. The summed E-state index contributed by atoms with van der Waals surface area (Å²) in [6.45, 7) is 3.83. The third-order valence-corrected chi connectivity index (χ3v) is 2.90. The first-order chi connectivity index (χ1) is 7.86. The highest BCUT2D eigenvalue weighted by Gasteiger charge is 2.21. The zero-order valence-corrected chi connectivity index (χ0v) is 9.11. The molecule has 1 aromatic carbocycles. The van der Waals surface area contributed by atoms with Gasteiger partial charge in [0.05, 0.1) is 11.2 Å². The number of anilines is 1. The average molecular weight is 210 g/mol. The van der Waals surface area contributed by atoms with E-state index in [9.17, 15) is 0 Å². The number of rotatable bonds is 3. The maximum atomic E-state index is 4.44. The smallest absolute Gasteiger partial charge is 0.0933 e. The van der Waals surface area contributed by atoms with E-state index >= 15 is 0 Å². The normalized spacial score (nSPS) is 15.0. The number of hydrogen-bond acceptors (Lipinski definition) is 2. The highest BCUT2D eigenvalue weighted by Crippen LogP contribution is 2.30. The summed E-state index contributed by atoms with van der Waals surface area (Å²) in [7, 11) is 0. The molecule has 2 nitrogen and oxygen atoms in total. The number of pyridine rings is 1. The molecule has 1 aliphatic rings. The van der Waals surface area contributed by atoms with Gasteiger partial charge in [0.2, 0.25) is 0 Å². The van der Waals surface area contributed by atoms with Crippen molar-refractivity contribution >= 4 is 22.7 Å². The summed E-state index contributed by atoms with van der Waals surface area (Å²) >= 11 is 0. The Morgan fingerprint density at radius 3 is 3.00 bits per heavy atom. The van der Waals surface area contributed by atoms with Crippen LogP contribution in [0.25, 0.3) is 17.0 Å². The number of nitrogens with zero attached hydrogens (tertiary/aromatic N) is 1. The number of benzene rings is 1. The minimum atomic E-state index is 0.644. The van der Waals surface area contributed by atoms with Crippen molar-refractivity contribution < 1.29 is 0 Å². The summed E-state index contributed by atoms with van der Waals surface area (Å²) in [6, 6.07) is 8.95. The zero-order valence-electron chi connectivity index (χ0n) is 9.11. The molecular formula is C14H14N2. The molecule has 0 amide bonds. The molecule has 1 heterocycles. The van der Waals surface area contributed by atoms with Gasteiger partial charge in [-0.2, -0.15) is 0 Å². The zero-order chi connectivity index (χ0) is 11.0. The number of hydrogen-bond donors (Lipinski definition) is 1. The molecular weight excluding hydrogens is 196 g/mol. The van der Waals surface area contributed by atoms with Gasteiger partial charge in [-0.3, -0.25) is 4.98 Å². The Balaban J connectivity index is 2.17. The molecule has 0 unspecified atom stereocenters.